The summed E-state index contributed by atoms with van der Waals surface area (Å²) in [4.78, 5) is 19.1. The minimum atomic E-state index is -0.924. The van der Waals surface area contributed by atoms with E-state index >= 15 is 0 Å². The summed E-state index contributed by atoms with van der Waals surface area (Å²) in [5, 5.41) is 8.82. The van der Waals surface area contributed by atoms with Crippen molar-refractivity contribution in [2.24, 2.45) is 0 Å². The zero-order valence-corrected chi connectivity index (χ0v) is 16.7. The predicted molar refractivity (Wildman–Crippen MR) is 108 cm³/mol. The minimum absolute atomic E-state index is 0.137. The van der Waals surface area contributed by atoms with Gasteiger partial charge in [-0.1, -0.05) is 26.7 Å². The van der Waals surface area contributed by atoms with Crippen LogP contribution in [0.25, 0.3) is 0 Å². The first-order valence-corrected chi connectivity index (χ1v) is 9.86. The van der Waals surface area contributed by atoms with E-state index in [1.807, 2.05) is 0 Å². The fourth-order valence-corrected chi connectivity index (χ4v) is 3.84. The van der Waals surface area contributed by atoms with Gasteiger partial charge < -0.3 is 9.84 Å². The molecular formula is C23H26N2O3. The highest BCUT2D eigenvalue weighted by Gasteiger charge is 2.35. The van der Waals surface area contributed by atoms with Gasteiger partial charge in [-0.3, -0.25) is 9.78 Å². The third-order valence-corrected chi connectivity index (χ3v) is 5.71. The Kier molecular flexibility index (Phi) is 5.99. The molecule has 146 valence electrons. The van der Waals surface area contributed by atoms with Crippen molar-refractivity contribution in [3.8, 4) is 17.6 Å². The van der Waals surface area contributed by atoms with Crippen molar-refractivity contribution >= 4 is 5.97 Å². The van der Waals surface area contributed by atoms with Gasteiger partial charge in [0.05, 0.1) is 31.1 Å². The van der Waals surface area contributed by atoms with Crippen molar-refractivity contribution in [3.63, 3.8) is 0 Å². The fourth-order valence-electron chi connectivity index (χ4n) is 3.84. The average molecular weight is 378 g/mol. The van der Waals surface area contributed by atoms with Gasteiger partial charge in [-0.15, -0.1) is 0 Å². The molecule has 0 saturated carbocycles. The van der Waals surface area contributed by atoms with Crippen LogP contribution in [0.3, 0.4) is 0 Å². The second kappa shape index (κ2) is 8.43. The summed E-state index contributed by atoms with van der Waals surface area (Å²) in [6.45, 7) is 7.36. The molecule has 0 amide bonds. The third kappa shape index (κ3) is 4.01. The summed E-state index contributed by atoms with van der Waals surface area (Å²) in [7, 11) is 0. The highest BCUT2D eigenvalue weighted by Crippen LogP contribution is 2.44. The molecule has 0 radical (unpaired) electrons. The number of hydrogen-bond donors (Lipinski definition) is 1. The SMILES string of the molecule is CCc1cc2c(cc1C#Cc1cnc(CC(=O)O)cn1)C(CC)(CC)CCO2. The number of fused-ring (bicyclic) bond motifs is 1. The van der Waals surface area contributed by atoms with Gasteiger partial charge in [0, 0.05) is 16.5 Å². The fraction of sp³-hybridized carbons (Fsp3) is 0.435. The first-order chi connectivity index (χ1) is 13.5. The summed E-state index contributed by atoms with van der Waals surface area (Å²) in [5.74, 6) is 6.40. The Hall–Kier alpha value is -2.87. The highest BCUT2D eigenvalue weighted by molar-refractivity contribution is 5.69. The van der Waals surface area contributed by atoms with Crippen molar-refractivity contribution < 1.29 is 14.6 Å². The molecule has 0 bridgehead atoms. The lowest BCUT2D eigenvalue weighted by molar-refractivity contribution is -0.136. The van der Waals surface area contributed by atoms with Crippen LogP contribution in [0.2, 0.25) is 0 Å². The van der Waals surface area contributed by atoms with E-state index in [0.29, 0.717) is 11.4 Å². The number of benzene rings is 1. The molecule has 28 heavy (non-hydrogen) atoms. The Bertz CT molecular complexity index is 919. The van der Waals surface area contributed by atoms with Crippen LogP contribution in [0.1, 0.15) is 68.1 Å². The second-order valence-electron chi connectivity index (χ2n) is 7.16. The van der Waals surface area contributed by atoms with E-state index in [1.54, 1.807) is 0 Å². The Balaban J connectivity index is 1.97. The van der Waals surface area contributed by atoms with E-state index in [0.717, 1.165) is 49.2 Å². The monoisotopic (exact) mass is 378 g/mol. The van der Waals surface area contributed by atoms with Crippen LogP contribution in [0.5, 0.6) is 5.75 Å². The third-order valence-electron chi connectivity index (χ3n) is 5.71. The Labute approximate surface area is 166 Å². The molecular weight excluding hydrogens is 352 g/mol. The molecule has 1 aromatic carbocycles. The quantitative estimate of drug-likeness (QED) is 0.799. The number of aryl methyl sites for hydroxylation is 1. The van der Waals surface area contributed by atoms with E-state index in [4.69, 9.17) is 9.84 Å². The zero-order valence-electron chi connectivity index (χ0n) is 16.7. The van der Waals surface area contributed by atoms with Gasteiger partial charge in [0.1, 0.15) is 11.4 Å². The van der Waals surface area contributed by atoms with Crippen LogP contribution in [0.4, 0.5) is 0 Å². The van der Waals surface area contributed by atoms with Gasteiger partial charge in [0.25, 0.3) is 0 Å². The first-order valence-electron chi connectivity index (χ1n) is 9.86. The molecule has 1 aliphatic heterocycles. The maximum atomic E-state index is 10.7. The number of aliphatic carboxylic acids is 1. The molecule has 5 nitrogen and oxygen atoms in total. The van der Waals surface area contributed by atoms with Crippen molar-refractivity contribution in [2.45, 2.75) is 58.3 Å². The van der Waals surface area contributed by atoms with Crippen LogP contribution >= 0.6 is 0 Å². The molecule has 1 aliphatic rings. The van der Waals surface area contributed by atoms with E-state index in [2.05, 4.69) is 54.7 Å². The number of hydrogen-bond acceptors (Lipinski definition) is 4. The van der Waals surface area contributed by atoms with Crippen molar-refractivity contribution in [1.82, 2.24) is 9.97 Å². The molecule has 2 heterocycles. The topological polar surface area (TPSA) is 72.3 Å². The summed E-state index contributed by atoms with van der Waals surface area (Å²) >= 11 is 0. The van der Waals surface area contributed by atoms with E-state index < -0.39 is 5.97 Å². The van der Waals surface area contributed by atoms with Crippen LogP contribution in [0.15, 0.2) is 24.5 Å². The molecule has 2 aromatic rings. The van der Waals surface area contributed by atoms with Gasteiger partial charge in [-0.05, 0) is 49.3 Å². The number of carbonyl (C=O) groups is 1. The summed E-state index contributed by atoms with van der Waals surface area (Å²) in [5.41, 5.74) is 4.51. The lowest BCUT2D eigenvalue weighted by atomic mass is 9.71. The number of carboxylic acids is 1. The molecule has 0 spiro atoms. The Morgan fingerprint density at radius 3 is 2.57 bits per heavy atom. The number of ether oxygens (including phenoxy) is 1. The molecule has 1 N–H and O–H groups in total. The minimum Gasteiger partial charge on any atom is -0.493 e. The average Bonchev–Trinajstić information content (AvgIpc) is 2.71. The lowest BCUT2D eigenvalue weighted by Gasteiger charge is -2.38. The normalized spacial score (nSPS) is 14.4. The maximum absolute atomic E-state index is 10.7. The lowest BCUT2D eigenvalue weighted by Crippen LogP contribution is -2.32. The summed E-state index contributed by atoms with van der Waals surface area (Å²) < 4.78 is 5.97. The van der Waals surface area contributed by atoms with Crippen LogP contribution in [-0.4, -0.2) is 27.7 Å². The van der Waals surface area contributed by atoms with Crippen molar-refractivity contribution in [2.75, 3.05) is 6.61 Å². The zero-order chi connectivity index (χ0) is 20.1. The number of aromatic nitrogens is 2. The molecule has 3 rings (SSSR count). The molecule has 1 aromatic heterocycles. The van der Waals surface area contributed by atoms with Crippen molar-refractivity contribution in [1.29, 1.82) is 0 Å². The largest absolute Gasteiger partial charge is 0.493 e. The van der Waals surface area contributed by atoms with Crippen LogP contribution in [0, 0.1) is 11.8 Å². The molecule has 0 unspecified atom stereocenters. The van der Waals surface area contributed by atoms with E-state index in [9.17, 15) is 4.79 Å². The van der Waals surface area contributed by atoms with Crippen LogP contribution in [-0.2, 0) is 23.1 Å². The second-order valence-corrected chi connectivity index (χ2v) is 7.16. The summed E-state index contributed by atoms with van der Waals surface area (Å²) in [6, 6.07) is 4.33. The van der Waals surface area contributed by atoms with Gasteiger partial charge in [-0.2, -0.15) is 0 Å². The molecule has 0 aliphatic carbocycles. The number of nitrogens with zero attached hydrogens (tertiary/aromatic N) is 2. The van der Waals surface area contributed by atoms with Gasteiger partial charge >= 0.3 is 5.97 Å². The predicted octanol–water partition coefficient (Wildman–Crippen LogP) is 3.91. The van der Waals surface area contributed by atoms with Crippen molar-refractivity contribution in [3.05, 3.63) is 52.6 Å². The summed E-state index contributed by atoms with van der Waals surface area (Å²) in [6.07, 6.45) is 6.92. The van der Waals surface area contributed by atoms with Gasteiger partial charge in [-0.25, -0.2) is 4.98 Å². The molecule has 0 saturated heterocycles. The maximum Gasteiger partial charge on any atom is 0.309 e. The van der Waals surface area contributed by atoms with Gasteiger partial charge in [0.2, 0.25) is 0 Å². The van der Waals surface area contributed by atoms with Gasteiger partial charge in [0.15, 0.2) is 0 Å². The molecule has 5 heteroatoms. The molecule has 0 fully saturated rings. The van der Waals surface area contributed by atoms with E-state index in [-0.39, 0.29) is 11.8 Å². The van der Waals surface area contributed by atoms with Crippen LogP contribution < -0.4 is 4.74 Å². The number of rotatable bonds is 5. The Morgan fingerprint density at radius 2 is 1.96 bits per heavy atom. The number of carboxylic acid groups (broad SMARTS) is 1. The standard InChI is InChI=1S/C23H26N2O3/c1-4-16-12-21-20(23(5-2,6-3)9-10-28-21)11-17(16)7-8-18-14-25-19(15-24-18)13-22(26)27/h11-12,14-15H,4-6,9-10,13H2,1-3H3,(H,26,27). The van der Waals surface area contributed by atoms with E-state index in [1.165, 1.54) is 18.0 Å². The highest BCUT2D eigenvalue weighted by atomic mass is 16.5. The molecule has 0 atom stereocenters. The Morgan fingerprint density at radius 1 is 1.18 bits per heavy atom. The first kappa shape index (κ1) is 19.9. The smallest absolute Gasteiger partial charge is 0.309 e.